The summed E-state index contributed by atoms with van der Waals surface area (Å²) in [7, 11) is 0. The smallest absolute Gasteiger partial charge is 0.277 e. The quantitative estimate of drug-likeness (QED) is 0.636. The zero-order valence-corrected chi connectivity index (χ0v) is 15.6. The van der Waals surface area contributed by atoms with Crippen LogP contribution >= 0.6 is 0 Å². The van der Waals surface area contributed by atoms with E-state index in [4.69, 9.17) is 0 Å². The minimum Gasteiger partial charge on any atom is -0.322 e. The maximum Gasteiger partial charge on any atom is 0.277 e. The predicted octanol–water partition coefficient (Wildman–Crippen LogP) is 1.73. The van der Waals surface area contributed by atoms with Crippen molar-refractivity contribution < 1.29 is 9.59 Å². The van der Waals surface area contributed by atoms with Crippen LogP contribution in [0.2, 0.25) is 0 Å². The van der Waals surface area contributed by atoms with E-state index in [0.717, 1.165) is 17.6 Å². The van der Waals surface area contributed by atoms with Gasteiger partial charge in [0, 0.05) is 18.5 Å². The number of nitrogens with zero attached hydrogens (tertiary/aromatic N) is 4. The Morgan fingerprint density at radius 3 is 2.89 bits per heavy atom. The number of anilines is 1. The molecule has 2 aromatic heterocycles. The van der Waals surface area contributed by atoms with Crippen molar-refractivity contribution in [3.05, 3.63) is 47.9 Å². The van der Waals surface area contributed by atoms with E-state index in [2.05, 4.69) is 31.0 Å². The molecule has 1 aliphatic rings. The molecular formula is C19H21N7O2. The number of nitrogens with one attached hydrogen (secondary N) is 3. The van der Waals surface area contributed by atoms with Gasteiger partial charge in [0.25, 0.3) is 5.91 Å². The maximum absolute atomic E-state index is 12.7. The van der Waals surface area contributed by atoms with Gasteiger partial charge in [-0.25, -0.2) is 9.67 Å². The minimum atomic E-state index is -0.530. The lowest BCUT2D eigenvalue weighted by molar-refractivity contribution is -0.125. The van der Waals surface area contributed by atoms with Gasteiger partial charge in [-0.1, -0.05) is 19.1 Å². The van der Waals surface area contributed by atoms with Gasteiger partial charge in [0.2, 0.25) is 5.91 Å². The summed E-state index contributed by atoms with van der Waals surface area (Å²) in [6.45, 7) is 3.84. The Balaban J connectivity index is 1.59. The van der Waals surface area contributed by atoms with Crippen LogP contribution in [-0.4, -0.2) is 37.6 Å². The molecule has 3 aromatic rings. The molecule has 1 fully saturated rings. The largest absolute Gasteiger partial charge is 0.322 e. The second-order valence-corrected chi connectivity index (χ2v) is 6.76. The van der Waals surface area contributed by atoms with Gasteiger partial charge in [-0.15, -0.1) is 0 Å². The highest BCUT2D eigenvalue weighted by Gasteiger charge is 2.28. The normalized spacial score (nSPS) is 19.4. The van der Waals surface area contributed by atoms with E-state index in [-0.39, 0.29) is 17.6 Å². The van der Waals surface area contributed by atoms with Crippen molar-refractivity contribution in [2.24, 2.45) is 0 Å². The Labute approximate surface area is 161 Å². The Morgan fingerprint density at radius 1 is 1.32 bits per heavy atom. The Morgan fingerprint density at radius 2 is 2.11 bits per heavy atom. The molecule has 9 nitrogen and oxygen atoms in total. The molecule has 0 saturated carbocycles. The number of hydrogen-bond acceptors (Lipinski definition) is 6. The molecule has 0 radical (unpaired) electrons. The zero-order valence-electron chi connectivity index (χ0n) is 15.6. The van der Waals surface area contributed by atoms with E-state index < -0.39 is 12.2 Å². The summed E-state index contributed by atoms with van der Waals surface area (Å²) < 4.78 is 1.57. The van der Waals surface area contributed by atoms with Crippen LogP contribution < -0.4 is 16.0 Å². The highest BCUT2D eigenvalue weighted by molar-refractivity contribution is 6.03. The molecule has 144 valence electrons. The van der Waals surface area contributed by atoms with E-state index in [0.29, 0.717) is 17.8 Å². The van der Waals surface area contributed by atoms with Crippen LogP contribution in [-0.2, 0) is 4.79 Å². The van der Waals surface area contributed by atoms with E-state index in [9.17, 15) is 9.59 Å². The summed E-state index contributed by atoms with van der Waals surface area (Å²) in [6, 6.07) is 9.16. The summed E-state index contributed by atoms with van der Waals surface area (Å²) in [5, 5.41) is 13.4. The molecule has 1 aliphatic heterocycles. The van der Waals surface area contributed by atoms with Gasteiger partial charge in [-0.3, -0.25) is 19.9 Å². The molecule has 2 atom stereocenters. The van der Waals surface area contributed by atoms with Crippen molar-refractivity contribution in [3.63, 3.8) is 0 Å². The first kappa shape index (κ1) is 18.1. The molecule has 3 heterocycles. The minimum absolute atomic E-state index is 0.0539. The van der Waals surface area contributed by atoms with Gasteiger partial charge < -0.3 is 10.6 Å². The monoisotopic (exact) mass is 379 g/mol. The number of carbonyl (C=O) groups is 2. The Kier molecular flexibility index (Phi) is 4.74. The molecule has 28 heavy (non-hydrogen) atoms. The van der Waals surface area contributed by atoms with E-state index in [1.165, 1.54) is 6.20 Å². The van der Waals surface area contributed by atoms with Crippen LogP contribution in [0.3, 0.4) is 0 Å². The van der Waals surface area contributed by atoms with Gasteiger partial charge in [-0.2, -0.15) is 5.10 Å². The number of carbonyl (C=O) groups excluding carboxylic acids is 2. The first-order chi connectivity index (χ1) is 13.5. The van der Waals surface area contributed by atoms with Crippen molar-refractivity contribution in [2.45, 2.75) is 39.0 Å². The van der Waals surface area contributed by atoms with Gasteiger partial charge in [0.05, 0.1) is 22.9 Å². The summed E-state index contributed by atoms with van der Waals surface area (Å²) in [5.41, 5.74) is 2.29. The first-order valence-corrected chi connectivity index (χ1v) is 9.18. The van der Waals surface area contributed by atoms with Crippen LogP contribution in [0.25, 0.3) is 11.0 Å². The Bertz CT molecular complexity index is 1050. The third kappa shape index (κ3) is 3.56. The van der Waals surface area contributed by atoms with Gasteiger partial charge in [0.1, 0.15) is 11.5 Å². The number of amides is 2. The second kappa shape index (κ2) is 7.35. The van der Waals surface area contributed by atoms with Crippen LogP contribution in [0.1, 0.15) is 42.2 Å². The topological polar surface area (TPSA) is 114 Å². The van der Waals surface area contributed by atoms with Crippen molar-refractivity contribution in [1.82, 2.24) is 30.4 Å². The standard InChI is InChI=1S/C19H21N7O2/c1-3-12-9-17(27)24-19(21-12)26-16(8-11(2)25-26)23-18(28)15-10-20-13-6-4-5-7-14(13)22-15/h4-8,10,12,19,21H,3,9H2,1-2H3,(H,23,28)(H,24,27). The van der Waals surface area contributed by atoms with Crippen LogP contribution in [0.15, 0.2) is 36.5 Å². The van der Waals surface area contributed by atoms with Gasteiger partial charge >= 0.3 is 0 Å². The van der Waals surface area contributed by atoms with Crippen molar-refractivity contribution in [2.75, 3.05) is 5.32 Å². The molecule has 0 bridgehead atoms. The summed E-state index contributed by atoms with van der Waals surface area (Å²) in [4.78, 5) is 33.4. The molecular weight excluding hydrogens is 358 g/mol. The first-order valence-electron chi connectivity index (χ1n) is 9.18. The maximum atomic E-state index is 12.7. The lowest BCUT2D eigenvalue weighted by Crippen LogP contribution is -2.53. The number of aromatic nitrogens is 4. The van der Waals surface area contributed by atoms with Gasteiger partial charge in [0.15, 0.2) is 6.29 Å². The third-order valence-corrected chi connectivity index (χ3v) is 4.64. The molecule has 2 amide bonds. The van der Waals surface area contributed by atoms with Crippen molar-refractivity contribution in [1.29, 1.82) is 0 Å². The highest BCUT2D eigenvalue weighted by atomic mass is 16.2. The number of benzene rings is 1. The van der Waals surface area contributed by atoms with Crippen LogP contribution in [0.4, 0.5) is 5.82 Å². The average Bonchev–Trinajstić information content (AvgIpc) is 3.07. The summed E-state index contributed by atoms with van der Waals surface area (Å²) >= 11 is 0. The lowest BCUT2D eigenvalue weighted by atomic mass is 10.1. The fraction of sp³-hybridized carbons (Fsp3) is 0.316. The molecule has 2 unspecified atom stereocenters. The average molecular weight is 379 g/mol. The highest BCUT2D eigenvalue weighted by Crippen LogP contribution is 2.19. The molecule has 1 saturated heterocycles. The fourth-order valence-electron chi connectivity index (χ4n) is 3.21. The van der Waals surface area contributed by atoms with E-state index in [1.807, 2.05) is 32.0 Å². The van der Waals surface area contributed by atoms with Crippen molar-refractivity contribution in [3.8, 4) is 0 Å². The molecule has 0 aliphatic carbocycles. The molecule has 1 aromatic carbocycles. The number of rotatable bonds is 4. The van der Waals surface area contributed by atoms with E-state index in [1.54, 1.807) is 16.8 Å². The molecule has 0 spiro atoms. The number of para-hydroxylation sites is 2. The summed E-state index contributed by atoms with van der Waals surface area (Å²) in [5.74, 6) is 0.0158. The second-order valence-electron chi connectivity index (χ2n) is 6.76. The zero-order chi connectivity index (χ0) is 19.7. The Hall–Kier alpha value is -3.33. The SMILES string of the molecule is CCC1CC(=O)NC(n2nc(C)cc2NC(=O)c2cnc3ccccc3n2)N1. The number of fused-ring (bicyclic) bond motifs is 1. The molecule has 9 heteroatoms. The molecule has 4 rings (SSSR count). The summed E-state index contributed by atoms with van der Waals surface area (Å²) in [6.07, 6.45) is 2.15. The van der Waals surface area contributed by atoms with Crippen LogP contribution in [0.5, 0.6) is 0 Å². The number of aryl methyl sites for hydroxylation is 1. The third-order valence-electron chi connectivity index (χ3n) is 4.64. The van der Waals surface area contributed by atoms with Crippen LogP contribution in [0, 0.1) is 6.92 Å². The van der Waals surface area contributed by atoms with Gasteiger partial charge in [-0.05, 0) is 25.5 Å². The fourth-order valence-corrected chi connectivity index (χ4v) is 3.21. The lowest BCUT2D eigenvalue weighted by Gasteiger charge is -2.31. The number of hydrogen-bond donors (Lipinski definition) is 3. The predicted molar refractivity (Wildman–Crippen MR) is 103 cm³/mol. The van der Waals surface area contributed by atoms with E-state index >= 15 is 0 Å². The van der Waals surface area contributed by atoms with Crippen molar-refractivity contribution >= 4 is 28.7 Å². The molecule has 3 N–H and O–H groups in total.